The maximum absolute atomic E-state index is 12.7. The maximum Gasteiger partial charge on any atom is 0.257 e. The van der Waals surface area contributed by atoms with Crippen LogP contribution < -0.4 is 14.8 Å². The summed E-state index contributed by atoms with van der Waals surface area (Å²) in [6.45, 7) is 0. The Morgan fingerprint density at radius 3 is 2.85 bits per heavy atom. The molecule has 3 aromatic rings. The van der Waals surface area contributed by atoms with Crippen molar-refractivity contribution < 1.29 is 14.3 Å². The van der Waals surface area contributed by atoms with Crippen molar-refractivity contribution in [1.82, 2.24) is 10.2 Å². The van der Waals surface area contributed by atoms with Gasteiger partial charge in [-0.15, -0.1) is 0 Å². The molecule has 0 spiro atoms. The molecule has 4 rings (SSSR count). The number of para-hydroxylation sites is 1. The van der Waals surface area contributed by atoms with Crippen LogP contribution in [0.2, 0.25) is 0 Å². The van der Waals surface area contributed by atoms with E-state index in [9.17, 15) is 4.79 Å². The Hall–Kier alpha value is -3.02. The first-order valence-corrected chi connectivity index (χ1v) is 8.83. The lowest BCUT2D eigenvalue weighted by Crippen LogP contribution is -2.14. The minimum Gasteiger partial charge on any atom is -0.493 e. The first-order valence-electron chi connectivity index (χ1n) is 8.83. The van der Waals surface area contributed by atoms with Crippen molar-refractivity contribution in [2.45, 2.75) is 31.8 Å². The topological polar surface area (TPSA) is 76.2 Å². The summed E-state index contributed by atoms with van der Waals surface area (Å²) >= 11 is 0. The zero-order chi connectivity index (χ0) is 17.9. The minimum atomic E-state index is -0.197. The number of ether oxygens (including phenoxy) is 2. The molecular weight excluding hydrogens is 330 g/mol. The second kappa shape index (κ2) is 7.07. The van der Waals surface area contributed by atoms with E-state index >= 15 is 0 Å². The molecule has 1 fully saturated rings. The zero-order valence-corrected chi connectivity index (χ0v) is 14.6. The van der Waals surface area contributed by atoms with Gasteiger partial charge in [-0.2, -0.15) is 5.10 Å². The highest BCUT2D eigenvalue weighted by Crippen LogP contribution is 2.34. The van der Waals surface area contributed by atoms with Crippen LogP contribution in [0.25, 0.3) is 10.9 Å². The molecule has 0 bridgehead atoms. The number of carbonyl (C=O) groups excluding carboxylic acids is 1. The molecular formula is C20H21N3O3. The normalized spacial score (nSPS) is 14.5. The van der Waals surface area contributed by atoms with E-state index in [-0.39, 0.29) is 12.0 Å². The second-order valence-electron chi connectivity index (χ2n) is 6.48. The van der Waals surface area contributed by atoms with Gasteiger partial charge in [-0.25, -0.2) is 0 Å². The Balaban J connectivity index is 1.57. The first-order chi connectivity index (χ1) is 12.7. The van der Waals surface area contributed by atoms with Crippen molar-refractivity contribution >= 4 is 22.5 Å². The molecule has 26 heavy (non-hydrogen) atoms. The number of amides is 1. The molecule has 0 radical (unpaired) electrons. The average molecular weight is 351 g/mol. The number of hydrogen-bond donors (Lipinski definition) is 2. The molecule has 1 aromatic heterocycles. The molecule has 1 saturated carbocycles. The van der Waals surface area contributed by atoms with E-state index in [1.807, 2.05) is 30.3 Å². The number of anilines is 1. The van der Waals surface area contributed by atoms with Gasteiger partial charge in [-0.3, -0.25) is 9.89 Å². The van der Waals surface area contributed by atoms with Crippen molar-refractivity contribution in [3.05, 3.63) is 48.2 Å². The van der Waals surface area contributed by atoms with Crippen LogP contribution in [0.1, 0.15) is 36.0 Å². The Morgan fingerprint density at radius 2 is 2.04 bits per heavy atom. The van der Waals surface area contributed by atoms with Gasteiger partial charge in [0.1, 0.15) is 0 Å². The lowest BCUT2D eigenvalue weighted by molar-refractivity contribution is 0.102. The number of H-pyrrole nitrogens is 1. The zero-order valence-electron chi connectivity index (χ0n) is 14.6. The molecule has 0 unspecified atom stereocenters. The van der Waals surface area contributed by atoms with E-state index < -0.39 is 0 Å². The molecule has 1 aliphatic rings. The third-order valence-corrected chi connectivity index (χ3v) is 4.74. The van der Waals surface area contributed by atoms with Crippen LogP contribution >= 0.6 is 0 Å². The lowest BCUT2D eigenvalue weighted by atomic mass is 10.1. The highest BCUT2D eigenvalue weighted by Gasteiger charge is 2.19. The number of hydrogen-bond acceptors (Lipinski definition) is 4. The molecule has 2 N–H and O–H groups in total. The molecule has 0 saturated heterocycles. The molecule has 1 aliphatic carbocycles. The average Bonchev–Trinajstić information content (AvgIpc) is 3.33. The number of methoxy groups -OCH3 is 1. The van der Waals surface area contributed by atoms with E-state index in [0.29, 0.717) is 22.7 Å². The number of rotatable bonds is 5. The molecule has 6 nitrogen and oxygen atoms in total. The summed E-state index contributed by atoms with van der Waals surface area (Å²) in [6, 6.07) is 11.0. The summed E-state index contributed by atoms with van der Waals surface area (Å²) in [6.07, 6.45) is 6.42. The predicted molar refractivity (Wildman–Crippen MR) is 99.9 cm³/mol. The molecule has 134 valence electrons. The minimum absolute atomic E-state index is 0.197. The van der Waals surface area contributed by atoms with Crippen LogP contribution in [0.3, 0.4) is 0 Å². The van der Waals surface area contributed by atoms with Crippen LogP contribution in [-0.2, 0) is 0 Å². The fraction of sp³-hybridized carbons (Fsp3) is 0.300. The van der Waals surface area contributed by atoms with Crippen LogP contribution in [-0.4, -0.2) is 29.3 Å². The van der Waals surface area contributed by atoms with Gasteiger partial charge < -0.3 is 14.8 Å². The highest BCUT2D eigenvalue weighted by molar-refractivity contribution is 6.11. The van der Waals surface area contributed by atoms with Gasteiger partial charge in [0, 0.05) is 17.1 Å². The largest absolute Gasteiger partial charge is 0.493 e. The van der Waals surface area contributed by atoms with Crippen molar-refractivity contribution in [3.63, 3.8) is 0 Å². The number of fused-ring (bicyclic) bond motifs is 1. The van der Waals surface area contributed by atoms with Gasteiger partial charge in [-0.1, -0.05) is 12.1 Å². The maximum atomic E-state index is 12.7. The third kappa shape index (κ3) is 3.22. The summed E-state index contributed by atoms with van der Waals surface area (Å²) in [5.41, 5.74) is 1.94. The molecule has 6 heteroatoms. The Kier molecular flexibility index (Phi) is 4.48. The van der Waals surface area contributed by atoms with Crippen LogP contribution in [0, 0.1) is 0 Å². The SMILES string of the molecule is COc1ccc(NC(=O)c2cccc3cn[nH]c23)cc1OC1CCCC1. The van der Waals surface area contributed by atoms with Crippen molar-refractivity contribution in [2.75, 3.05) is 12.4 Å². The smallest absolute Gasteiger partial charge is 0.257 e. The fourth-order valence-corrected chi connectivity index (χ4v) is 3.39. The van der Waals surface area contributed by atoms with Crippen molar-refractivity contribution in [3.8, 4) is 11.5 Å². The Bertz CT molecular complexity index is 929. The van der Waals surface area contributed by atoms with Crippen molar-refractivity contribution in [1.29, 1.82) is 0 Å². The summed E-state index contributed by atoms with van der Waals surface area (Å²) in [5.74, 6) is 1.14. The van der Waals surface area contributed by atoms with Gasteiger partial charge in [0.05, 0.1) is 30.5 Å². The number of carbonyl (C=O) groups is 1. The molecule has 0 aliphatic heterocycles. The second-order valence-corrected chi connectivity index (χ2v) is 6.48. The number of benzene rings is 2. The quantitative estimate of drug-likeness (QED) is 0.724. The van der Waals surface area contributed by atoms with Crippen LogP contribution in [0.5, 0.6) is 11.5 Å². The van der Waals surface area contributed by atoms with Gasteiger partial charge in [0.15, 0.2) is 11.5 Å². The molecule has 0 atom stereocenters. The van der Waals surface area contributed by atoms with Gasteiger partial charge in [0.25, 0.3) is 5.91 Å². The van der Waals surface area contributed by atoms with E-state index in [1.165, 1.54) is 12.8 Å². The van der Waals surface area contributed by atoms with E-state index in [2.05, 4.69) is 15.5 Å². The van der Waals surface area contributed by atoms with Gasteiger partial charge in [-0.05, 0) is 43.9 Å². The van der Waals surface area contributed by atoms with E-state index in [0.717, 1.165) is 23.7 Å². The summed E-state index contributed by atoms with van der Waals surface area (Å²) in [5, 5.41) is 10.7. The number of aromatic nitrogens is 2. The molecule has 2 aromatic carbocycles. The Morgan fingerprint density at radius 1 is 1.19 bits per heavy atom. The first kappa shape index (κ1) is 16.4. The predicted octanol–water partition coefficient (Wildman–Crippen LogP) is 4.15. The summed E-state index contributed by atoms with van der Waals surface area (Å²) in [4.78, 5) is 12.7. The third-order valence-electron chi connectivity index (χ3n) is 4.74. The standard InChI is InChI=1S/C20H21N3O3/c1-25-17-10-9-14(11-18(17)26-15-6-2-3-7-15)22-20(24)16-8-4-5-13-12-21-23-19(13)16/h4-5,8-12,15H,2-3,6-7H2,1H3,(H,21,23)(H,22,24). The van der Waals surface area contributed by atoms with Gasteiger partial charge >= 0.3 is 0 Å². The number of aromatic amines is 1. The van der Waals surface area contributed by atoms with Crippen LogP contribution in [0.4, 0.5) is 5.69 Å². The lowest BCUT2D eigenvalue weighted by Gasteiger charge is -2.17. The van der Waals surface area contributed by atoms with E-state index in [4.69, 9.17) is 9.47 Å². The highest BCUT2D eigenvalue weighted by atomic mass is 16.5. The number of nitrogens with one attached hydrogen (secondary N) is 2. The molecule has 1 amide bonds. The van der Waals surface area contributed by atoms with Gasteiger partial charge in [0.2, 0.25) is 0 Å². The summed E-state index contributed by atoms with van der Waals surface area (Å²) < 4.78 is 11.5. The monoisotopic (exact) mass is 351 g/mol. The summed E-state index contributed by atoms with van der Waals surface area (Å²) in [7, 11) is 1.62. The molecule has 1 heterocycles. The number of nitrogens with zero attached hydrogens (tertiary/aromatic N) is 1. The van der Waals surface area contributed by atoms with Crippen LogP contribution in [0.15, 0.2) is 42.6 Å². The Labute approximate surface area is 151 Å². The van der Waals surface area contributed by atoms with E-state index in [1.54, 1.807) is 19.4 Å². The van der Waals surface area contributed by atoms with Crippen molar-refractivity contribution in [2.24, 2.45) is 0 Å². The fourth-order valence-electron chi connectivity index (χ4n) is 3.39.